The third kappa shape index (κ3) is 3.27. The van der Waals surface area contributed by atoms with Crippen LogP contribution >= 0.6 is 0 Å². The average molecular weight is 335 g/mol. The van der Waals surface area contributed by atoms with Crippen LogP contribution in [0.4, 0.5) is 5.69 Å². The van der Waals surface area contributed by atoms with E-state index in [4.69, 9.17) is 4.74 Å². The second kappa shape index (κ2) is 6.40. The molecule has 0 radical (unpaired) electrons. The van der Waals surface area contributed by atoms with Crippen molar-refractivity contribution >= 4 is 5.69 Å². The summed E-state index contributed by atoms with van der Waals surface area (Å²) >= 11 is 0. The third-order valence-electron chi connectivity index (χ3n) is 5.85. The van der Waals surface area contributed by atoms with Crippen molar-refractivity contribution in [3.63, 3.8) is 0 Å². The molecule has 2 atom stereocenters. The molecule has 0 unspecified atom stereocenters. The zero-order valence-corrected chi connectivity index (χ0v) is 15.6. The van der Waals surface area contributed by atoms with E-state index in [0.29, 0.717) is 17.3 Å². The minimum Gasteiger partial charge on any atom is -0.493 e. The molecule has 2 aromatic rings. The van der Waals surface area contributed by atoms with Gasteiger partial charge in [-0.3, -0.25) is 0 Å². The SMILES string of the molecule is CC(C)(C)[C@H]1CCNc2cc(C[C@@H]3CCOc4ccccc43)ccc21. The van der Waals surface area contributed by atoms with Crippen LogP contribution in [-0.2, 0) is 6.42 Å². The monoisotopic (exact) mass is 335 g/mol. The van der Waals surface area contributed by atoms with Gasteiger partial charge in [0.05, 0.1) is 6.61 Å². The zero-order chi connectivity index (χ0) is 17.4. The Hall–Kier alpha value is -1.96. The molecule has 0 bridgehead atoms. The van der Waals surface area contributed by atoms with E-state index in [1.54, 1.807) is 0 Å². The van der Waals surface area contributed by atoms with Gasteiger partial charge in [0.2, 0.25) is 0 Å². The maximum absolute atomic E-state index is 5.82. The second-order valence-corrected chi connectivity index (χ2v) is 8.63. The second-order valence-electron chi connectivity index (χ2n) is 8.63. The van der Waals surface area contributed by atoms with Gasteiger partial charge in [-0.1, -0.05) is 51.1 Å². The number of hydrogen-bond acceptors (Lipinski definition) is 2. The van der Waals surface area contributed by atoms with Gasteiger partial charge in [0, 0.05) is 12.2 Å². The number of hydrogen-bond donors (Lipinski definition) is 1. The highest BCUT2D eigenvalue weighted by Crippen LogP contribution is 2.44. The zero-order valence-electron chi connectivity index (χ0n) is 15.6. The van der Waals surface area contributed by atoms with Crippen molar-refractivity contribution < 1.29 is 4.74 Å². The summed E-state index contributed by atoms with van der Waals surface area (Å²) in [5.74, 6) is 2.27. The van der Waals surface area contributed by atoms with E-state index in [2.05, 4.69) is 68.6 Å². The molecular formula is C23H29NO. The third-order valence-corrected chi connectivity index (χ3v) is 5.85. The minimum absolute atomic E-state index is 0.317. The molecule has 2 aliphatic rings. The first-order valence-corrected chi connectivity index (χ1v) is 9.61. The van der Waals surface area contributed by atoms with Crippen molar-refractivity contribution in [2.75, 3.05) is 18.5 Å². The number of ether oxygens (including phenoxy) is 1. The van der Waals surface area contributed by atoms with Crippen molar-refractivity contribution in [3.05, 3.63) is 59.2 Å². The fraction of sp³-hybridized carbons (Fsp3) is 0.478. The summed E-state index contributed by atoms with van der Waals surface area (Å²) in [6, 6.07) is 15.6. The molecule has 132 valence electrons. The van der Waals surface area contributed by atoms with Crippen LogP contribution in [0.25, 0.3) is 0 Å². The van der Waals surface area contributed by atoms with E-state index >= 15 is 0 Å². The molecule has 2 heteroatoms. The van der Waals surface area contributed by atoms with E-state index in [9.17, 15) is 0 Å². The fourth-order valence-electron chi connectivity index (χ4n) is 4.51. The summed E-state index contributed by atoms with van der Waals surface area (Å²) in [5, 5.41) is 3.64. The van der Waals surface area contributed by atoms with Gasteiger partial charge in [0.15, 0.2) is 0 Å². The molecule has 2 aliphatic heterocycles. The normalized spacial score (nSPS) is 22.4. The lowest BCUT2D eigenvalue weighted by Crippen LogP contribution is -2.26. The molecular weight excluding hydrogens is 306 g/mol. The van der Waals surface area contributed by atoms with Crippen LogP contribution < -0.4 is 10.1 Å². The van der Waals surface area contributed by atoms with Gasteiger partial charge in [0.25, 0.3) is 0 Å². The highest BCUT2D eigenvalue weighted by molar-refractivity contribution is 5.57. The largest absolute Gasteiger partial charge is 0.493 e. The van der Waals surface area contributed by atoms with Crippen LogP contribution in [0.2, 0.25) is 0 Å². The van der Waals surface area contributed by atoms with Gasteiger partial charge in [-0.15, -0.1) is 0 Å². The molecule has 2 nitrogen and oxygen atoms in total. The topological polar surface area (TPSA) is 21.3 Å². The molecule has 0 aromatic heterocycles. The maximum atomic E-state index is 5.82. The Balaban J connectivity index is 1.59. The average Bonchev–Trinajstić information content (AvgIpc) is 2.60. The number of fused-ring (bicyclic) bond motifs is 2. The summed E-state index contributed by atoms with van der Waals surface area (Å²) in [6.45, 7) is 8.99. The van der Waals surface area contributed by atoms with Crippen LogP contribution in [0.1, 0.15) is 62.1 Å². The lowest BCUT2D eigenvalue weighted by molar-refractivity contribution is 0.266. The van der Waals surface area contributed by atoms with Gasteiger partial charge in [0.1, 0.15) is 5.75 Å². The maximum Gasteiger partial charge on any atom is 0.122 e. The molecule has 0 amide bonds. The van der Waals surface area contributed by atoms with E-state index in [-0.39, 0.29) is 0 Å². The molecule has 1 N–H and O–H groups in total. The molecule has 2 aromatic carbocycles. The highest BCUT2D eigenvalue weighted by atomic mass is 16.5. The van der Waals surface area contributed by atoms with Crippen molar-refractivity contribution in [3.8, 4) is 5.75 Å². The van der Waals surface area contributed by atoms with Gasteiger partial charge in [-0.25, -0.2) is 0 Å². The molecule has 0 fully saturated rings. The Morgan fingerprint density at radius 1 is 1.04 bits per heavy atom. The summed E-state index contributed by atoms with van der Waals surface area (Å²) < 4.78 is 5.82. The van der Waals surface area contributed by atoms with E-state index in [1.165, 1.54) is 28.8 Å². The number of nitrogens with one attached hydrogen (secondary N) is 1. The van der Waals surface area contributed by atoms with Gasteiger partial charge >= 0.3 is 0 Å². The van der Waals surface area contributed by atoms with Crippen LogP contribution in [0, 0.1) is 5.41 Å². The molecule has 25 heavy (non-hydrogen) atoms. The van der Waals surface area contributed by atoms with Crippen molar-refractivity contribution in [2.24, 2.45) is 5.41 Å². The Bertz CT molecular complexity index is 759. The highest BCUT2D eigenvalue weighted by Gasteiger charge is 2.30. The predicted octanol–water partition coefficient (Wildman–Crippen LogP) is 5.74. The van der Waals surface area contributed by atoms with Crippen molar-refractivity contribution in [2.45, 2.75) is 51.9 Å². The predicted molar refractivity (Wildman–Crippen MR) is 105 cm³/mol. The number of rotatable bonds is 2. The Morgan fingerprint density at radius 2 is 1.88 bits per heavy atom. The lowest BCUT2D eigenvalue weighted by atomic mass is 9.72. The van der Waals surface area contributed by atoms with Crippen LogP contribution in [0.15, 0.2) is 42.5 Å². The van der Waals surface area contributed by atoms with E-state index in [0.717, 1.165) is 31.7 Å². The Kier molecular flexibility index (Phi) is 4.23. The van der Waals surface area contributed by atoms with E-state index < -0.39 is 0 Å². The molecule has 2 heterocycles. The quantitative estimate of drug-likeness (QED) is 0.755. The van der Waals surface area contributed by atoms with Crippen LogP contribution in [-0.4, -0.2) is 13.2 Å². The molecule has 0 saturated carbocycles. The molecule has 4 rings (SSSR count). The lowest BCUT2D eigenvalue weighted by Gasteiger charge is -2.36. The Labute approximate surface area is 151 Å². The van der Waals surface area contributed by atoms with Crippen LogP contribution in [0.5, 0.6) is 5.75 Å². The van der Waals surface area contributed by atoms with Gasteiger partial charge < -0.3 is 10.1 Å². The van der Waals surface area contributed by atoms with Crippen LogP contribution in [0.3, 0.4) is 0 Å². The first-order chi connectivity index (χ1) is 12.0. The van der Waals surface area contributed by atoms with Crippen molar-refractivity contribution in [1.29, 1.82) is 0 Å². The smallest absolute Gasteiger partial charge is 0.122 e. The van der Waals surface area contributed by atoms with Crippen molar-refractivity contribution in [1.82, 2.24) is 0 Å². The minimum atomic E-state index is 0.317. The summed E-state index contributed by atoms with van der Waals surface area (Å²) in [4.78, 5) is 0. The van der Waals surface area contributed by atoms with E-state index in [1.807, 2.05) is 0 Å². The fourth-order valence-corrected chi connectivity index (χ4v) is 4.51. The molecule has 0 aliphatic carbocycles. The summed E-state index contributed by atoms with van der Waals surface area (Å²) in [6.07, 6.45) is 3.42. The standard InChI is InChI=1S/C23H29NO/c1-23(2,3)20-10-12-24-21-15-16(8-9-19(20)21)14-17-11-13-25-22-7-5-4-6-18(17)22/h4-9,15,17,20,24H,10-14H2,1-3H3/t17-,20-/m0/s1. The van der Waals surface area contributed by atoms with Gasteiger partial charge in [-0.05, 0) is 65.3 Å². The molecule has 0 saturated heterocycles. The first-order valence-electron chi connectivity index (χ1n) is 9.61. The number of benzene rings is 2. The summed E-state index contributed by atoms with van der Waals surface area (Å²) in [7, 11) is 0. The van der Waals surface area contributed by atoms with Gasteiger partial charge in [-0.2, -0.15) is 0 Å². The first kappa shape index (κ1) is 16.5. The summed E-state index contributed by atoms with van der Waals surface area (Å²) in [5.41, 5.74) is 5.96. The molecule has 0 spiro atoms. The number of anilines is 1. The number of para-hydroxylation sites is 1. The Morgan fingerprint density at radius 3 is 2.72 bits per heavy atom.